The van der Waals surface area contributed by atoms with Crippen molar-refractivity contribution in [2.45, 2.75) is 31.8 Å². The summed E-state index contributed by atoms with van der Waals surface area (Å²) in [5, 5.41) is 7.89. The molecule has 150 valence electrons. The monoisotopic (exact) mass is 504 g/mol. The molecule has 1 aliphatic rings. The van der Waals surface area contributed by atoms with Gasteiger partial charge in [-0.05, 0) is 31.4 Å². The number of guanidine groups is 1. The minimum atomic E-state index is 0. The second-order valence-electron chi connectivity index (χ2n) is 6.31. The van der Waals surface area contributed by atoms with Crippen LogP contribution < -0.4 is 10.6 Å². The number of nitrogens with one attached hydrogen (secondary N) is 2. The van der Waals surface area contributed by atoms with E-state index in [0.29, 0.717) is 0 Å². The highest BCUT2D eigenvalue weighted by Gasteiger charge is 2.15. The number of hydrogen-bond acceptors (Lipinski definition) is 5. The fourth-order valence-electron chi connectivity index (χ4n) is 2.87. The molecular weight excluding hydrogens is 475 g/mol. The van der Waals surface area contributed by atoms with E-state index in [4.69, 9.17) is 9.47 Å². The van der Waals surface area contributed by atoms with Gasteiger partial charge in [-0.25, -0.2) is 4.98 Å². The number of fused-ring (bicyclic) bond motifs is 1. The number of hydrogen-bond donors (Lipinski definition) is 2. The number of halogens is 1. The lowest BCUT2D eigenvalue weighted by Gasteiger charge is -2.13. The molecule has 2 heterocycles. The number of aromatic nitrogens is 1. The van der Waals surface area contributed by atoms with Crippen molar-refractivity contribution >= 4 is 51.5 Å². The molecule has 3 rings (SSSR count). The van der Waals surface area contributed by atoms with E-state index in [-0.39, 0.29) is 30.1 Å². The molecule has 0 aliphatic carbocycles. The van der Waals surface area contributed by atoms with Crippen LogP contribution in [-0.4, -0.2) is 57.0 Å². The van der Waals surface area contributed by atoms with Gasteiger partial charge in [0.25, 0.3) is 0 Å². The summed E-state index contributed by atoms with van der Waals surface area (Å²) in [6.45, 7) is 4.06. The average Bonchev–Trinajstić information content (AvgIpc) is 3.32. The minimum Gasteiger partial charge on any atom is -0.379 e. The van der Waals surface area contributed by atoms with E-state index in [9.17, 15) is 0 Å². The molecule has 1 atom stereocenters. The summed E-state index contributed by atoms with van der Waals surface area (Å²) in [5.74, 6) is 0.846. The molecule has 1 saturated heterocycles. The number of ether oxygens (including phenoxy) is 2. The van der Waals surface area contributed by atoms with Gasteiger partial charge in [0, 0.05) is 39.8 Å². The van der Waals surface area contributed by atoms with Gasteiger partial charge in [0.05, 0.1) is 27.9 Å². The van der Waals surface area contributed by atoms with Crippen molar-refractivity contribution in [2.24, 2.45) is 4.99 Å². The van der Waals surface area contributed by atoms with Crippen molar-refractivity contribution in [1.82, 2.24) is 15.6 Å². The van der Waals surface area contributed by atoms with Crippen molar-refractivity contribution in [1.29, 1.82) is 0 Å². The lowest BCUT2D eigenvalue weighted by atomic mass is 10.3. The van der Waals surface area contributed by atoms with Gasteiger partial charge in [0.15, 0.2) is 5.96 Å². The smallest absolute Gasteiger partial charge is 0.190 e. The van der Waals surface area contributed by atoms with Crippen LogP contribution in [0, 0.1) is 0 Å². The highest BCUT2D eigenvalue weighted by molar-refractivity contribution is 14.0. The largest absolute Gasteiger partial charge is 0.379 e. The molecule has 0 amide bonds. The number of aryl methyl sites for hydroxylation is 1. The summed E-state index contributed by atoms with van der Waals surface area (Å²) >= 11 is 1.78. The fourth-order valence-corrected chi connectivity index (χ4v) is 3.88. The number of para-hydroxylation sites is 1. The molecule has 0 radical (unpaired) electrons. The van der Waals surface area contributed by atoms with Gasteiger partial charge in [-0.2, -0.15) is 0 Å². The van der Waals surface area contributed by atoms with Gasteiger partial charge in [0.2, 0.25) is 0 Å². The molecule has 6 nitrogen and oxygen atoms in total. The number of thiazole rings is 1. The maximum Gasteiger partial charge on any atom is 0.190 e. The van der Waals surface area contributed by atoms with Crippen LogP contribution in [0.4, 0.5) is 0 Å². The maximum atomic E-state index is 5.76. The number of aliphatic imine (C=N–C) groups is 1. The molecule has 27 heavy (non-hydrogen) atoms. The summed E-state index contributed by atoms with van der Waals surface area (Å²) in [7, 11) is 1.80. The number of rotatable bonds is 9. The third kappa shape index (κ3) is 7.52. The van der Waals surface area contributed by atoms with Crippen LogP contribution in [0.1, 0.15) is 24.3 Å². The molecule has 2 aromatic rings. The molecule has 1 aromatic carbocycles. The van der Waals surface area contributed by atoms with Gasteiger partial charge in [-0.15, -0.1) is 35.3 Å². The summed E-state index contributed by atoms with van der Waals surface area (Å²) in [4.78, 5) is 8.94. The standard InChI is InChI=1S/C19H28N4O2S.HI/c1-20-19(22-11-5-12-25-15-9-13-24-14-15)21-10-4-8-18-23-16-6-2-3-7-17(16)26-18;/h2-3,6-7,15H,4-5,8-14H2,1H3,(H2,20,21,22);1H. The first-order chi connectivity index (χ1) is 12.8. The molecule has 2 N–H and O–H groups in total. The predicted molar refractivity (Wildman–Crippen MR) is 123 cm³/mol. The third-order valence-corrected chi connectivity index (χ3v) is 5.37. The van der Waals surface area contributed by atoms with Gasteiger partial charge in [-0.3, -0.25) is 4.99 Å². The Labute approximate surface area is 182 Å². The van der Waals surface area contributed by atoms with Crippen molar-refractivity contribution in [3.8, 4) is 0 Å². The zero-order valence-electron chi connectivity index (χ0n) is 15.8. The Morgan fingerprint density at radius 3 is 2.85 bits per heavy atom. The normalized spacial score (nSPS) is 17.1. The first kappa shape index (κ1) is 22.3. The lowest BCUT2D eigenvalue weighted by molar-refractivity contribution is 0.0420. The van der Waals surface area contributed by atoms with Crippen molar-refractivity contribution in [2.75, 3.05) is 40.0 Å². The predicted octanol–water partition coefficient (Wildman–Crippen LogP) is 3.21. The second kappa shape index (κ2) is 12.5. The molecular formula is C19H29IN4O2S. The van der Waals surface area contributed by atoms with Crippen LogP contribution in [-0.2, 0) is 15.9 Å². The first-order valence-electron chi connectivity index (χ1n) is 9.33. The van der Waals surface area contributed by atoms with E-state index in [1.165, 1.54) is 9.71 Å². The molecule has 0 spiro atoms. The van der Waals surface area contributed by atoms with Gasteiger partial charge in [0.1, 0.15) is 0 Å². The quantitative estimate of drug-likeness (QED) is 0.238. The Kier molecular flexibility index (Phi) is 10.3. The zero-order chi connectivity index (χ0) is 18.0. The molecule has 1 aliphatic heterocycles. The molecule has 1 unspecified atom stereocenters. The van der Waals surface area contributed by atoms with Crippen LogP contribution in [0.2, 0.25) is 0 Å². The van der Waals surface area contributed by atoms with Crippen LogP contribution in [0.3, 0.4) is 0 Å². The van der Waals surface area contributed by atoms with Gasteiger partial charge >= 0.3 is 0 Å². The molecule has 1 aromatic heterocycles. The summed E-state index contributed by atoms with van der Waals surface area (Å²) in [5.41, 5.74) is 1.10. The highest BCUT2D eigenvalue weighted by Crippen LogP contribution is 2.22. The Morgan fingerprint density at radius 2 is 2.11 bits per heavy atom. The third-order valence-electron chi connectivity index (χ3n) is 4.28. The van der Waals surface area contributed by atoms with Crippen LogP contribution >= 0.6 is 35.3 Å². The minimum absolute atomic E-state index is 0. The van der Waals surface area contributed by atoms with Crippen molar-refractivity contribution in [3.63, 3.8) is 0 Å². The summed E-state index contributed by atoms with van der Waals surface area (Å²) < 4.78 is 12.3. The van der Waals surface area contributed by atoms with Gasteiger partial charge in [-0.1, -0.05) is 12.1 Å². The van der Waals surface area contributed by atoms with E-state index in [1.54, 1.807) is 18.4 Å². The SMILES string of the molecule is CN=C(NCCCOC1CCOC1)NCCCc1nc2ccccc2s1.I. The lowest BCUT2D eigenvalue weighted by Crippen LogP contribution is -2.38. The topological polar surface area (TPSA) is 67.8 Å². The van der Waals surface area contributed by atoms with Crippen molar-refractivity contribution < 1.29 is 9.47 Å². The van der Waals surface area contributed by atoms with Crippen LogP contribution in [0.15, 0.2) is 29.3 Å². The van der Waals surface area contributed by atoms with Crippen LogP contribution in [0.5, 0.6) is 0 Å². The van der Waals surface area contributed by atoms with E-state index >= 15 is 0 Å². The highest BCUT2D eigenvalue weighted by atomic mass is 127. The Bertz CT molecular complexity index is 671. The zero-order valence-corrected chi connectivity index (χ0v) is 18.9. The van der Waals surface area contributed by atoms with E-state index in [1.807, 2.05) is 6.07 Å². The first-order valence-corrected chi connectivity index (χ1v) is 10.1. The van der Waals surface area contributed by atoms with Crippen molar-refractivity contribution in [3.05, 3.63) is 29.3 Å². The maximum absolute atomic E-state index is 5.76. The fraction of sp³-hybridized carbons (Fsp3) is 0.579. The summed E-state index contributed by atoms with van der Waals surface area (Å²) in [6.07, 6.45) is 4.29. The Morgan fingerprint density at radius 1 is 1.30 bits per heavy atom. The molecule has 0 saturated carbocycles. The molecule has 1 fully saturated rings. The van der Waals surface area contributed by atoms with E-state index in [2.05, 4.69) is 38.8 Å². The summed E-state index contributed by atoms with van der Waals surface area (Å²) in [6, 6.07) is 8.30. The number of benzene rings is 1. The van der Waals surface area contributed by atoms with Crippen LogP contribution in [0.25, 0.3) is 10.2 Å². The Hall–Kier alpha value is -0.970. The van der Waals surface area contributed by atoms with E-state index in [0.717, 1.165) is 70.1 Å². The Balaban J connectivity index is 0.00000261. The molecule has 0 bridgehead atoms. The van der Waals surface area contributed by atoms with E-state index < -0.39 is 0 Å². The second-order valence-corrected chi connectivity index (χ2v) is 7.43. The van der Waals surface area contributed by atoms with Gasteiger partial charge < -0.3 is 20.1 Å². The average molecular weight is 504 g/mol. The molecule has 8 heteroatoms. The number of nitrogens with zero attached hydrogens (tertiary/aromatic N) is 2.